The molecule has 98 valence electrons. The van der Waals surface area contributed by atoms with Gasteiger partial charge in [-0.2, -0.15) is 0 Å². The van der Waals surface area contributed by atoms with Crippen molar-refractivity contribution in [3.05, 3.63) is 34.9 Å². The fourth-order valence-electron chi connectivity index (χ4n) is 2.33. The summed E-state index contributed by atoms with van der Waals surface area (Å²) >= 11 is 5.81. The molecule has 0 saturated carbocycles. The molecule has 1 amide bonds. The van der Waals surface area contributed by atoms with E-state index in [2.05, 4.69) is 17.6 Å². The Morgan fingerprint density at radius 2 is 2.17 bits per heavy atom. The molecule has 1 aliphatic rings. The maximum Gasteiger partial charge on any atom is 0.224 e. The summed E-state index contributed by atoms with van der Waals surface area (Å²) in [6, 6.07) is 8.22. The van der Waals surface area contributed by atoms with E-state index in [0.29, 0.717) is 23.5 Å². The van der Waals surface area contributed by atoms with Gasteiger partial charge in [0.05, 0.1) is 6.42 Å². The molecule has 2 atom stereocenters. The molecule has 18 heavy (non-hydrogen) atoms. The van der Waals surface area contributed by atoms with Crippen LogP contribution in [0.5, 0.6) is 0 Å². The van der Waals surface area contributed by atoms with E-state index in [1.807, 2.05) is 24.3 Å². The average molecular weight is 267 g/mol. The number of hydrogen-bond acceptors (Lipinski definition) is 2. The molecule has 2 unspecified atom stereocenters. The molecule has 1 fully saturated rings. The number of amides is 1. The molecule has 0 aromatic heterocycles. The molecule has 2 rings (SSSR count). The first-order chi connectivity index (χ1) is 8.63. The summed E-state index contributed by atoms with van der Waals surface area (Å²) in [5, 5.41) is 7.18. The highest BCUT2D eigenvalue weighted by Crippen LogP contribution is 2.11. The summed E-state index contributed by atoms with van der Waals surface area (Å²) in [4.78, 5) is 11.9. The Kier molecular flexibility index (Phi) is 4.61. The Balaban J connectivity index is 1.83. The highest BCUT2D eigenvalue weighted by molar-refractivity contribution is 6.30. The van der Waals surface area contributed by atoms with Crippen LogP contribution in [0.1, 0.15) is 25.3 Å². The Hall–Kier alpha value is -1.06. The molecule has 2 N–H and O–H groups in total. The highest BCUT2D eigenvalue weighted by Gasteiger charge is 2.19. The third-order valence-electron chi connectivity index (χ3n) is 3.27. The number of halogens is 1. The molecule has 1 heterocycles. The Morgan fingerprint density at radius 1 is 1.44 bits per heavy atom. The topological polar surface area (TPSA) is 41.1 Å². The first-order valence-corrected chi connectivity index (χ1v) is 6.78. The molecule has 1 aromatic carbocycles. The molecule has 1 aliphatic heterocycles. The van der Waals surface area contributed by atoms with Crippen molar-refractivity contribution < 1.29 is 4.79 Å². The van der Waals surface area contributed by atoms with Crippen LogP contribution in [0.3, 0.4) is 0 Å². The van der Waals surface area contributed by atoms with E-state index in [1.54, 1.807) is 0 Å². The summed E-state index contributed by atoms with van der Waals surface area (Å²) in [5.41, 5.74) is 0.999. The van der Waals surface area contributed by atoms with Gasteiger partial charge in [-0.1, -0.05) is 23.7 Å². The smallest absolute Gasteiger partial charge is 0.224 e. The zero-order chi connectivity index (χ0) is 13.0. The van der Waals surface area contributed by atoms with Crippen LogP contribution in [-0.4, -0.2) is 24.5 Å². The quantitative estimate of drug-likeness (QED) is 0.880. The average Bonchev–Trinajstić information content (AvgIpc) is 2.32. The number of hydrogen-bond donors (Lipinski definition) is 2. The molecular weight excluding hydrogens is 248 g/mol. The second kappa shape index (κ2) is 6.21. The van der Waals surface area contributed by atoms with Gasteiger partial charge in [0.2, 0.25) is 5.91 Å². The fourth-order valence-corrected chi connectivity index (χ4v) is 2.46. The van der Waals surface area contributed by atoms with Crippen molar-refractivity contribution in [2.75, 3.05) is 6.54 Å². The van der Waals surface area contributed by atoms with Crippen molar-refractivity contribution in [1.29, 1.82) is 0 Å². The third-order valence-corrected chi connectivity index (χ3v) is 3.52. The summed E-state index contributed by atoms with van der Waals surface area (Å²) in [7, 11) is 0. The monoisotopic (exact) mass is 266 g/mol. The van der Waals surface area contributed by atoms with E-state index in [1.165, 1.54) is 0 Å². The molecule has 1 saturated heterocycles. The van der Waals surface area contributed by atoms with Crippen LogP contribution >= 0.6 is 11.6 Å². The van der Waals surface area contributed by atoms with Gasteiger partial charge >= 0.3 is 0 Å². The third kappa shape index (κ3) is 4.00. The maximum atomic E-state index is 11.9. The van der Waals surface area contributed by atoms with E-state index in [9.17, 15) is 4.79 Å². The van der Waals surface area contributed by atoms with Crippen molar-refractivity contribution in [1.82, 2.24) is 10.6 Å². The van der Waals surface area contributed by atoms with Crippen LogP contribution in [0, 0.1) is 0 Å². The number of carbonyl (C=O) groups is 1. The maximum absolute atomic E-state index is 11.9. The second-order valence-electron chi connectivity index (χ2n) is 4.95. The molecule has 3 nitrogen and oxygen atoms in total. The van der Waals surface area contributed by atoms with E-state index in [-0.39, 0.29) is 5.91 Å². The summed E-state index contributed by atoms with van der Waals surface area (Å²) in [5.74, 6) is 0.0939. The zero-order valence-electron chi connectivity index (χ0n) is 10.6. The second-order valence-corrected chi connectivity index (χ2v) is 5.38. The minimum atomic E-state index is 0.0939. The SMILES string of the molecule is CC1CC(NC(=O)Cc2ccc(Cl)cc2)CCN1. The van der Waals surface area contributed by atoms with Gasteiger partial charge in [-0.05, 0) is 44.0 Å². The zero-order valence-corrected chi connectivity index (χ0v) is 11.3. The van der Waals surface area contributed by atoms with Gasteiger partial charge in [-0.3, -0.25) is 4.79 Å². The number of nitrogens with one attached hydrogen (secondary N) is 2. The van der Waals surface area contributed by atoms with E-state index in [0.717, 1.165) is 24.9 Å². The van der Waals surface area contributed by atoms with E-state index in [4.69, 9.17) is 11.6 Å². The van der Waals surface area contributed by atoms with E-state index >= 15 is 0 Å². The van der Waals surface area contributed by atoms with Crippen molar-refractivity contribution >= 4 is 17.5 Å². The lowest BCUT2D eigenvalue weighted by molar-refractivity contribution is -0.121. The Morgan fingerprint density at radius 3 is 2.83 bits per heavy atom. The lowest BCUT2D eigenvalue weighted by Crippen LogP contribution is -2.46. The molecular formula is C14H19ClN2O. The minimum Gasteiger partial charge on any atom is -0.353 e. The number of carbonyl (C=O) groups excluding carboxylic acids is 1. The summed E-state index contributed by atoms with van der Waals surface area (Å²) < 4.78 is 0. The molecule has 0 aliphatic carbocycles. The predicted molar refractivity (Wildman–Crippen MR) is 73.8 cm³/mol. The van der Waals surface area contributed by atoms with Crippen LogP contribution in [0.4, 0.5) is 0 Å². The van der Waals surface area contributed by atoms with Crippen molar-refractivity contribution in [2.45, 2.75) is 38.3 Å². The summed E-state index contributed by atoms with van der Waals surface area (Å²) in [6.45, 7) is 3.13. The number of rotatable bonds is 3. The number of benzene rings is 1. The molecule has 1 aromatic rings. The van der Waals surface area contributed by atoms with Gasteiger partial charge in [0.1, 0.15) is 0 Å². The Labute approximate surface area is 113 Å². The lowest BCUT2D eigenvalue weighted by atomic mass is 10.0. The summed E-state index contributed by atoms with van der Waals surface area (Å²) in [6.07, 6.45) is 2.44. The van der Waals surface area contributed by atoms with Crippen molar-refractivity contribution in [3.63, 3.8) is 0 Å². The molecule has 0 bridgehead atoms. The predicted octanol–water partition coefficient (Wildman–Crippen LogP) is 2.14. The highest BCUT2D eigenvalue weighted by atomic mass is 35.5. The van der Waals surface area contributed by atoms with Gasteiger partial charge in [0.25, 0.3) is 0 Å². The van der Waals surface area contributed by atoms with Gasteiger partial charge < -0.3 is 10.6 Å². The van der Waals surface area contributed by atoms with E-state index < -0.39 is 0 Å². The Bertz CT molecular complexity index is 405. The van der Waals surface area contributed by atoms with Crippen LogP contribution in [0.25, 0.3) is 0 Å². The van der Waals surface area contributed by atoms with Crippen molar-refractivity contribution in [3.8, 4) is 0 Å². The normalized spacial score (nSPS) is 23.7. The van der Waals surface area contributed by atoms with Crippen molar-refractivity contribution in [2.24, 2.45) is 0 Å². The standard InChI is InChI=1S/C14H19ClN2O/c1-10-8-13(6-7-16-10)17-14(18)9-11-2-4-12(15)5-3-11/h2-5,10,13,16H,6-9H2,1H3,(H,17,18). The van der Waals surface area contributed by atoms with Crippen LogP contribution in [0.15, 0.2) is 24.3 Å². The van der Waals surface area contributed by atoms with Gasteiger partial charge in [0.15, 0.2) is 0 Å². The minimum absolute atomic E-state index is 0.0939. The number of piperidine rings is 1. The van der Waals surface area contributed by atoms with Gasteiger partial charge in [-0.25, -0.2) is 0 Å². The largest absolute Gasteiger partial charge is 0.353 e. The molecule has 0 radical (unpaired) electrons. The molecule has 0 spiro atoms. The first-order valence-electron chi connectivity index (χ1n) is 6.40. The lowest BCUT2D eigenvalue weighted by Gasteiger charge is -2.28. The van der Waals surface area contributed by atoms with Crippen LogP contribution < -0.4 is 10.6 Å². The fraction of sp³-hybridized carbons (Fsp3) is 0.500. The molecule has 4 heteroatoms. The van der Waals surface area contributed by atoms with Crippen LogP contribution in [0.2, 0.25) is 5.02 Å². The van der Waals surface area contributed by atoms with Gasteiger partial charge in [-0.15, -0.1) is 0 Å². The van der Waals surface area contributed by atoms with Gasteiger partial charge in [0, 0.05) is 17.1 Å². The van der Waals surface area contributed by atoms with Crippen LogP contribution in [-0.2, 0) is 11.2 Å². The first kappa shape index (κ1) is 13.4.